The largest absolute Gasteiger partial charge is 0.488 e. The Morgan fingerprint density at radius 2 is 2.40 bits per heavy atom. The monoisotopic (exact) mass is 340 g/mol. The van der Waals surface area contributed by atoms with E-state index in [1.165, 1.54) is 5.56 Å². The van der Waals surface area contributed by atoms with Gasteiger partial charge >= 0.3 is 5.97 Å². The second-order valence-electron chi connectivity index (χ2n) is 5.64. The molecule has 1 aromatic carbocycles. The fourth-order valence-corrected chi connectivity index (χ4v) is 3.33. The molecular formula is C14H17BrN2O3. The number of aliphatic carboxylic acids is 1. The summed E-state index contributed by atoms with van der Waals surface area (Å²) in [5.41, 5.74) is 5.97. The van der Waals surface area contributed by atoms with Gasteiger partial charge in [0.25, 0.3) is 0 Å². The molecular weight excluding hydrogens is 324 g/mol. The van der Waals surface area contributed by atoms with Crippen LogP contribution in [-0.2, 0) is 11.2 Å². The van der Waals surface area contributed by atoms with Crippen LogP contribution < -0.4 is 10.5 Å². The molecule has 2 unspecified atom stereocenters. The Labute approximate surface area is 125 Å². The normalized spacial score (nSPS) is 29.2. The first-order valence-electron chi connectivity index (χ1n) is 6.66. The number of benzene rings is 1. The molecule has 5 nitrogen and oxygen atoms in total. The molecule has 6 heteroatoms. The van der Waals surface area contributed by atoms with E-state index in [9.17, 15) is 4.79 Å². The van der Waals surface area contributed by atoms with Gasteiger partial charge in [0.1, 0.15) is 17.4 Å². The second kappa shape index (κ2) is 5.02. The van der Waals surface area contributed by atoms with Crippen molar-refractivity contribution in [2.45, 2.75) is 24.5 Å². The van der Waals surface area contributed by atoms with Gasteiger partial charge in [-0.1, -0.05) is 15.9 Å². The third kappa shape index (κ3) is 2.55. The van der Waals surface area contributed by atoms with Crippen molar-refractivity contribution in [3.63, 3.8) is 0 Å². The molecule has 1 saturated heterocycles. The predicted octanol–water partition coefficient (Wildman–Crippen LogP) is 1.24. The summed E-state index contributed by atoms with van der Waals surface area (Å²) in [5.74, 6) is 0.00852. The van der Waals surface area contributed by atoms with Crippen molar-refractivity contribution >= 4 is 21.9 Å². The van der Waals surface area contributed by atoms with Crippen molar-refractivity contribution in [2.24, 2.45) is 5.73 Å². The highest BCUT2D eigenvalue weighted by molar-refractivity contribution is 9.10. The summed E-state index contributed by atoms with van der Waals surface area (Å²) in [6, 6.07) is 6.00. The van der Waals surface area contributed by atoms with Gasteiger partial charge in [-0.05, 0) is 30.2 Å². The number of likely N-dealkylation sites (tertiary alicyclic amines) is 1. The maximum Gasteiger partial charge on any atom is 0.325 e. The first-order valence-corrected chi connectivity index (χ1v) is 7.45. The maximum atomic E-state index is 11.1. The highest BCUT2D eigenvalue weighted by Gasteiger charge is 2.42. The minimum Gasteiger partial charge on any atom is -0.488 e. The summed E-state index contributed by atoms with van der Waals surface area (Å²) in [5, 5.41) is 9.14. The molecule has 0 aromatic heterocycles. The minimum atomic E-state index is -1.10. The standard InChI is InChI=1S/C14H17BrN2O3/c15-10-1-2-12-9(5-10)6-11(20-12)7-17-4-3-14(16,8-17)13(18)19/h1-2,5,11H,3-4,6-8,16H2,(H,18,19). The van der Waals surface area contributed by atoms with Crippen molar-refractivity contribution in [2.75, 3.05) is 19.6 Å². The molecule has 2 atom stereocenters. The number of carbonyl (C=O) groups is 1. The van der Waals surface area contributed by atoms with Crippen LogP contribution in [0.25, 0.3) is 0 Å². The number of rotatable bonds is 3. The van der Waals surface area contributed by atoms with Gasteiger partial charge in [0.2, 0.25) is 0 Å². The molecule has 1 aromatic rings. The molecule has 20 heavy (non-hydrogen) atoms. The number of carboxylic acid groups (broad SMARTS) is 1. The summed E-state index contributed by atoms with van der Waals surface area (Å²) in [6.45, 7) is 1.82. The zero-order valence-electron chi connectivity index (χ0n) is 11.0. The number of halogens is 1. The average Bonchev–Trinajstić information content (AvgIpc) is 2.93. The molecule has 3 N–H and O–H groups in total. The van der Waals surface area contributed by atoms with Crippen LogP contribution in [-0.4, -0.2) is 47.3 Å². The Kier molecular flexibility index (Phi) is 3.48. The summed E-state index contributed by atoms with van der Waals surface area (Å²) in [7, 11) is 0. The molecule has 2 heterocycles. The zero-order chi connectivity index (χ0) is 14.3. The summed E-state index contributed by atoms with van der Waals surface area (Å²) in [4.78, 5) is 13.2. The molecule has 2 aliphatic heterocycles. The summed E-state index contributed by atoms with van der Waals surface area (Å²) < 4.78 is 6.95. The van der Waals surface area contributed by atoms with Crippen molar-refractivity contribution in [3.05, 3.63) is 28.2 Å². The van der Waals surface area contributed by atoms with E-state index >= 15 is 0 Å². The Morgan fingerprint density at radius 3 is 3.10 bits per heavy atom. The van der Waals surface area contributed by atoms with Crippen LogP contribution in [0.4, 0.5) is 0 Å². The lowest BCUT2D eigenvalue weighted by molar-refractivity contribution is -0.142. The molecule has 0 radical (unpaired) electrons. The molecule has 0 spiro atoms. The molecule has 1 fully saturated rings. The predicted molar refractivity (Wildman–Crippen MR) is 77.9 cm³/mol. The second-order valence-corrected chi connectivity index (χ2v) is 6.56. The Bertz CT molecular complexity index is 551. The van der Waals surface area contributed by atoms with Crippen LogP contribution in [0.3, 0.4) is 0 Å². The van der Waals surface area contributed by atoms with E-state index in [-0.39, 0.29) is 6.10 Å². The first-order chi connectivity index (χ1) is 9.46. The van der Waals surface area contributed by atoms with E-state index in [0.717, 1.165) is 23.2 Å². The summed E-state index contributed by atoms with van der Waals surface area (Å²) >= 11 is 3.46. The lowest BCUT2D eigenvalue weighted by atomic mass is 10.0. The molecule has 3 rings (SSSR count). The molecule has 108 valence electrons. The Balaban J connectivity index is 1.61. The minimum absolute atomic E-state index is 0.0791. The van der Waals surface area contributed by atoms with Gasteiger partial charge in [0.05, 0.1) is 0 Å². The van der Waals surface area contributed by atoms with Gasteiger partial charge in [-0.15, -0.1) is 0 Å². The fourth-order valence-electron chi connectivity index (χ4n) is 2.92. The van der Waals surface area contributed by atoms with Gasteiger partial charge < -0.3 is 15.6 Å². The highest BCUT2D eigenvalue weighted by Crippen LogP contribution is 2.32. The van der Waals surface area contributed by atoms with Gasteiger partial charge in [0.15, 0.2) is 0 Å². The maximum absolute atomic E-state index is 11.1. The smallest absolute Gasteiger partial charge is 0.325 e. The molecule has 2 aliphatic rings. The SMILES string of the molecule is NC1(C(=O)O)CCN(CC2Cc3cc(Br)ccc3O2)C1. The van der Waals surface area contributed by atoms with E-state index < -0.39 is 11.5 Å². The third-order valence-electron chi connectivity index (χ3n) is 4.03. The zero-order valence-corrected chi connectivity index (χ0v) is 12.6. The van der Waals surface area contributed by atoms with Gasteiger partial charge in [0, 0.05) is 30.5 Å². The van der Waals surface area contributed by atoms with Crippen molar-refractivity contribution in [1.82, 2.24) is 4.90 Å². The number of hydrogen-bond donors (Lipinski definition) is 2. The van der Waals surface area contributed by atoms with E-state index in [0.29, 0.717) is 19.5 Å². The van der Waals surface area contributed by atoms with Gasteiger partial charge in [-0.25, -0.2) is 0 Å². The molecule has 0 amide bonds. The molecule has 0 saturated carbocycles. The van der Waals surface area contributed by atoms with Crippen molar-refractivity contribution < 1.29 is 14.6 Å². The third-order valence-corrected chi connectivity index (χ3v) is 4.52. The van der Waals surface area contributed by atoms with Crippen LogP contribution >= 0.6 is 15.9 Å². The van der Waals surface area contributed by atoms with Crippen molar-refractivity contribution in [1.29, 1.82) is 0 Å². The highest BCUT2D eigenvalue weighted by atomic mass is 79.9. The van der Waals surface area contributed by atoms with Gasteiger partial charge in [-0.3, -0.25) is 9.69 Å². The molecule has 0 bridgehead atoms. The van der Waals surface area contributed by atoms with Crippen LogP contribution in [0.2, 0.25) is 0 Å². The fraction of sp³-hybridized carbons (Fsp3) is 0.500. The van der Waals surface area contributed by atoms with Gasteiger partial charge in [-0.2, -0.15) is 0 Å². The van der Waals surface area contributed by atoms with Crippen molar-refractivity contribution in [3.8, 4) is 5.75 Å². The van der Waals surface area contributed by atoms with Crippen LogP contribution in [0, 0.1) is 0 Å². The van der Waals surface area contributed by atoms with E-state index in [2.05, 4.69) is 26.9 Å². The Hall–Kier alpha value is -1.11. The Morgan fingerprint density at radius 1 is 1.60 bits per heavy atom. The number of fused-ring (bicyclic) bond motifs is 1. The number of hydrogen-bond acceptors (Lipinski definition) is 4. The number of nitrogens with two attached hydrogens (primary N) is 1. The van der Waals surface area contributed by atoms with Crippen LogP contribution in [0.15, 0.2) is 22.7 Å². The van der Waals surface area contributed by atoms with Crippen LogP contribution in [0.1, 0.15) is 12.0 Å². The first kappa shape index (κ1) is 13.9. The summed E-state index contributed by atoms with van der Waals surface area (Å²) in [6.07, 6.45) is 1.43. The topological polar surface area (TPSA) is 75.8 Å². The number of carboxylic acids is 1. The van der Waals surface area contributed by atoms with E-state index in [1.807, 2.05) is 12.1 Å². The average molecular weight is 341 g/mol. The number of ether oxygens (including phenoxy) is 1. The van der Waals surface area contributed by atoms with Crippen LogP contribution in [0.5, 0.6) is 5.75 Å². The van der Waals surface area contributed by atoms with E-state index in [1.54, 1.807) is 0 Å². The lowest BCUT2D eigenvalue weighted by Crippen LogP contribution is -2.50. The van der Waals surface area contributed by atoms with E-state index in [4.69, 9.17) is 15.6 Å². The quantitative estimate of drug-likeness (QED) is 0.865. The number of nitrogens with zero attached hydrogens (tertiary/aromatic N) is 1. The lowest BCUT2D eigenvalue weighted by Gasteiger charge is -2.22. The molecule has 0 aliphatic carbocycles.